The van der Waals surface area contributed by atoms with Gasteiger partial charge in [-0.25, -0.2) is 4.98 Å². The number of nitrogens with one attached hydrogen (secondary N) is 1. The van der Waals surface area contributed by atoms with Crippen LogP contribution in [-0.2, 0) is 13.6 Å². The monoisotopic (exact) mass is 263 g/mol. The molecule has 1 aromatic rings. The minimum Gasteiger partial charge on any atom is -0.396 e. The fraction of sp³-hybridized carbons (Fsp3) is 0.700. The molecule has 1 aromatic heterocycles. The zero-order valence-corrected chi connectivity index (χ0v) is 11.0. The lowest BCUT2D eigenvalue weighted by molar-refractivity contribution is 0.296. The van der Waals surface area contributed by atoms with Crippen LogP contribution < -0.4 is 5.32 Å². The molecule has 0 bridgehead atoms. The molecular weight excluding hydrogens is 246 g/mol. The SMILES string of the molecule is Cn1c(Cl)cnc1CNCCSCCCO. The summed E-state index contributed by atoms with van der Waals surface area (Å²) in [5, 5.41) is 12.6. The number of aliphatic hydroxyl groups is 1. The molecule has 2 N–H and O–H groups in total. The third-order valence-electron chi connectivity index (χ3n) is 2.18. The average molecular weight is 264 g/mol. The summed E-state index contributed by atoms with van der Waals surface area (Å²) in [4.78, 5) is 4.19. The van der Waals surface area contributed by atoms with Crippen molar-refractivity contribution in [1.82, 2.24) is 14.9 Å². The van der Waals surface area contributed by atoms with Gasteiger partial charge in [0.25, 0.3) is 0 Å². The number of hydrogen-bond donors (Lipinski definition) is 2. The predicted octanol–water partition coefficient (Wildman–Crippen LogP) is 1.28. The van der Waals surface area contributed by atoms with E-state index < -0.39 is 0 Å². The topological polar surface area (TPSA) is 50.1 Å². The van der Waals surface area contributed by atoms with Gasteiger partial charge in [0.05, 0.1) is 12.7 Å². The Morgan fingerprint density at radius 1 is 1.56 bits per heavy atom. The quantitative estimate of drug-likeness (QED) is 0.694. The maximum atomic E-state index is 8.60. The number of aliphatic hydroxyl groups excluding tert-OH is 1. The van der Waals surface area contributed by atoms with E-state index in [2.05, 4.69) is 10.3 Å². The second kappa shape index (κ2) is 7.95. The molecule has 0 fully saturated rings. The van der Waals surface area contributed by atoms with Crippen molar-refractivity contribution in [3.8, 4) is 0 Å². The van der Waals surface area contributed by atoms with E-state index in [4.69, 9.17) is 16.7 Å². The molecule has 0 atom stereocenters. The largest absolute Gasteiger partial charge is 0.396 e. The summed E-state index contributed by atoms with van der Waals surface area (Å²) >= 11 is 7.72. The number of rotatable bonds is 8. The molecule has 0 aliphatic rings. The molecule has 16 heavy (non-hydrogen) atoms. The Balaban J connectivity index is 2.05. The molecule has 0 radical (unpaired) electrons. The van der Waals surface area contributed by atoms with Crippen LogP contribution in [-0.4, -0.2) is 39.3 Å². The van der Waals surface area contributed by atoms with Crippen molar-refractivity contribution in [2.45, 2.75) is 13.0 Å². The predicted molar refractivity (Wildman–Crippen MR) is 69.0 cm³/mol. The highest BCUT2D eigenvalue weighted by molar-refractivity contribution is 7.99. The molecule has 0 aliphatic heterocycles. The van der Waals surface area contributed by atoms with Gasteiger partial charge in [-0.1, -0.05) is 11.6 Å². The van der Waals surface area contributed by atoms with Gasteiger partial charge < -0.3 is 15.0 Å². The normalized spacial score (nSPS) is 10.9. The van der Waals surface area contributed by atoms with Gasteiger partial charge in [-0.2, -0.15) is 11.8 Å². The Labute approximate surface area is 105 Å². The molecule has 92 valence electrons. The number of thioether (sulfide) groups is 1. The van der Waals surface area contributed by atoms with Gasteiger partial charge in [0, 0.05) is 26.0 Å². The number of aromatic nitrogens is 2. The number of imidazole rings is 1. The summed E-state index contributed by atoms with van der Waals surface area (Å²) in [5.74, 6) is 3.02. The summed E-state index contributed by atoms with van der Waals surface area (Å²) in [6, 6.07) is 0. The van der Waals surface area contributed by atoms with Crippen LogP contribution >= 0.6 is 23.4 Å². The molecule has 0 saturated heterocycles. The zero-order chi connectivity index (χ0) is 11.8. The van der Waals surface area contributed by atoms with Crippen molar-refractivity contribution in [3.63, 3.8) is 0 Å². The third-order valence-corrected chi connectivity index (χ3v) is 3.60. The first-order valence-corrected chi connectivity index (χ1v) is 6.84. The fourth-order valence-electron chi connectivity index (χ4n) is 1.20. The molecule has 0 spiro atoms. The highest BCUT2D eigenvalue weighted by Gasteiger charge is 2.02. The summed E-state index contributed by atoms with van der Waals surface area (Å²) in [6.07, 6.45) is 2.54. The molecule has 0 aromatic carbocycles. The second-order valence-electron chi connectivity index (χ2n) is 3.42. The zero-order valence-electron chi connectivity index (χ0n) is 9.45. The maximum absolute atomic E-state index is 8.60. The van der Waals surface area contributed by atoms with Crippen molar-refractivity contribution in [2.24, 2.45) is 7.05 Å². The van der Waals surface area contributed by atoms with E-state index in [1.165, 1.54) is 0 Å². The Morgan fingerprint density at radius 3 is 3.00 bits per heavy atom. The number of nitrogens with zero attached hydrogens (tertiary/aromatic N) is 2. The summed E-state index contributed by atoms with van der Waals surface area (Å²) in [7, 11) is 1.91. The van der Waals surface area contributed by atoms with Crippen molar-refractivity contribution < 1.29 is 5.11 Å². The van der Waals surface area contributed by atoms with Crippen LogP contribution in [0.5, 0.6) is 0 Å². The van der Waals surface area contributed by atoms with Gasteiger partial charge in [-0.15, -0.1) is 0 Å². The number of halogens is 1. The fourth-order valence-corrected chi connectivity index (χ4v) is 2.17. The molecule has 1 rings (SSSR count). The first-order valence-electron chi connectivity index (χ1n) is 5.31. The van der Waals surface area contributed by atoms with Crippen LogP contribution in [0, 0.1) is 0 Å². The Kier molecular flexibility index (Phi) is 6.87. The smallest absolute Gasteiger partial charge is 0.128 e. The van der Waals surface area contributed by atoms with Crippen LogP contribution in [0.25, 0.3) is 0 Å². The van der Waals surface area contributed by atoms with Crippen LogP contribution in [0.3, 0.4) is 0 Å². The van der Waals surface area contributed by atoms with Gasteiger partial charge in [-0.05, 0) is 12.2 Å². The van der Waals surface area contributed by atoms with Gasteiger partial charge in [-0.3, -0.25) is 0 Å². The standard InChI is InChI=1S/C10H18ClN3OS/c1-14-9(11)7-13-10(14)8-12-3-6-16-5-2-4-15/h7,12,15H,2-6,8H2,1H3. The van der Waals surface area contributed by atoms with Gasteiger partial charge in [0.15, 0.2) is 0 Å². The summed E-state index contributed by atoms with van der Waals surface area (Å²) in [6.45, 7) is 1.97. The molecule has 4 nitrogen and oxygen atoms in total. The highest BCUT2D eigenvalue weighted by atomic mass is 35.5. The highest BCUT2D eigenvalue weighted by Crippen LogP contribution is 2.08. The van der Waals surface area contributed by atoms with Crippen LogP contribution in [0.15, 0.2) is 6.20 Å². The lowest BCUT2D eigenvalue weighted by Gasteiger charge is -2.05. The van der Waals surface area contributed by atoms with E-state index in [9.17, 15) is 0 Å². The van der Waals surface area contributed by atoms with E-state index in [0.717, 1.165) is 36.8 Å². The van der Waals surface area contributed by atoms with Crippen molar-refractivity contribution in [1.29, 1.82) is 0 Å². The average Bonchev–Trinajstić information content (AvgIpc) is 2.59. The minimum absolute atomic E-state index is 0.284. The maximum Gasteiger partial charge on any atom is 0.128 e. The van der Waals surface area contributed by atoms with E-state index in [1.54, 1.807) is 6.20 Å². The van der Waals surface area contributed by atoms with Gasteiger partial charge >= 0.3 is 0 Å². The molecule has 6 heteroatoms. The first-order chi connectivity index (χ1) is 7.75. The van der Waals surface area contributed by atoms with E-state index in [0.29, 0.717) is 5.15 Å². The van der Waals surface area contributed by atoms with Crippen molar-refractivity contribution >= 4 is 23.4 Å². The Hall–Kier alpha value is -0.230. The van der Waals surface area contributed by atoms with Crippen molar-refractivity contribution in [3.05, 3.63) is 17.2 Å². The molecular formula is C10H18ClN3OS. The molecule has 1 heterocycles. The summed E-state index contributed by atoms with van der Waals surface area (Å²) in [5.41, 5.74) is 0. The van der Waals surface area contributed by atoms with Gasteiger partial charge in [0.1, 0.15) is 11.0 Å². The number of hydrogen-bond acceptors (Lipinski definition) is 4. The van der Waals surface area contributed by atoms with E-state index in [1.807, 2.05) is 23.4 Å². The van der Waals surface area contributed by atoms with Crippen molar-refractivity contribution in [2.75, 3.05) is 24.7 Å². The van der Waals surface area contributed by atoms with E-state index in [-0.39, 0.29) is 6.61 Å². The van der Waals surface area contributed by atoms with Gasteiger partial charge in [0.2, 0.25) is 0 Å². The molecule has 0 aliphatic carbocycles. The van der Waals surface area contributed by atoms with Crippen LogP contribution in [0.1, 0.15) is 12.2 Å². The molecule has 0 amide bonds. The van der Waals surface area contributed by atoms with Crippen LogP contribution in [0.2, 0.25) is 5.15 Å². The lowest BCUT2D eigenvalue weighted by atomic mass is 10.5. The molecule has 0 unspecified atom stereocenters. The lowest BCUT2D eigenvalue weighted by Crippen LogP contribution is -2.19. The minimum atomic E-state index is 0.284. The molecule has 0 saturated carbocycles. The second-order valence-corrected chi connectivity index (χ2v) is 5.03. The third kappa shape index (κ3) is 4.74. The van der Waals surface area contributed by atoms with Crippen LogP contribution in [0.4, 0.5) is 0 Å². The summed E-state index contributed by atoms with van der Waals surface area (Å²) < 4.78 is 1.87. The van der Waals surface area contributed by atoms with E-state index >= 15 is 0 Å². The Bertz CT molecular complexity index is 306. The Morgan fingerprint density at radius 2 is 2.38 bits per heavy atom. The first kappa shape index (κ1) is 13.8.